The molecule has 184 valence electrons. The van der Waals surface area contributed by atoms with E-state index in [2.05, 4.69) is 10.4 Å². The molecule has 2 N–H and O–H groups in total. The number of amides is 1. The third kappa shape index (κ3) is 5.62. The second kappa shape index (κ2) is 10.2. The van der Waals surface area contributed by atoms with Gasteiger partial charge in [-0.2, -0.15) is 18.3 Å². The van der Waals surface area contributed by atoms with E-state index < -0.39 is 17.8 Å². The molecule has 1 aliphatic heterocycles. The largest absolute Gasteiger partial charge is 0.489 e. The number of hydrogen-bond donors (Lipinski definition) is 2. The van der Waals surface area contributed by atoms with Crippen LogP contribution in [0.1, 0.15) is 23.2 Å². The number of hydrogen-bond acceptors (Lipinski definition) is 5. The summed E-state index contributed by atoms with van der Waals surface area (Å²) in [7, 11) is 0. The summed E-state index contributed by atoms with van der Waals surface area (Å²) in [4.78, 5) is 24.6. The number of nitrogens with one attached hydrogen (secondary N) is 1. The predicted octanol–water partition coefficient (Wildman–Crippen LogP) is 3.42. The van der Waals surface area contributed by atoms with Gasteiger partial charge in [0.1, 0.15) is 12.4 Å². The Hall–Kier alpha value is -3.86. The van der Waals surface area contributed by atoms with Crippen molar-refractivity contribution in [3.63, 3.8) is 0 Å². The van der Waals surface area contributed by atoms with Crippen molar-refractivity contribution in [2.24, 2.45) is 0 Å². The van der Waals surface area contributed by atoms with E-state index in [-0.39, 0.29) is 37.6 Å². The first kappa shape index (κ1) is 24.3. The number of carboxylic acid groups (broad SMARTS) is 1. The number of aromatic nitrogens is 2. The highest BCUT2D eigenvalue weighted by Crippen LogP contribution is 2.35. The summed E-state index contributed by atoms with van der Waals surface area (Å²) in [5.74, 6) is -0.747. The molecule has 0 aliphatic carbocycles. The Balaban J connectivity index is 1.44. The fraction of sp³-hybridized carbons (Fsp3) is 0.292. The zero-order valence-corrected chi connectivity index (χ0v) is 18.6. The van der Waals surface area contributed by atoms with Crippen LogP contribution in [0.2, 0.25) is 0 Å². The molecule has 1 amide bonds. The van der Waals surface area contributed by atoms with Crippen molar-refractivity contribution in [2.45, 2.75) is 25.6 Å². The highest BCUT2D eigenvalue weighted by Gasteiger charge is 2.38. The van der Waals surface area contributed by atoms with Gasteiger partial charge in [0.2, 0.25) is 5.91 Å². The van der Waals surface area contributed by atoms with Gasteiger partial charge in [0.15, 0.2) is 5.69 Å². The molecular formula is C24H23F3N4O4. The number of para-hydroxylation sites is 1. The highest BCUT2D eigenvalue weighted by molar-refractivity contribution is 5.96. The van der Waals surface area contributed by atoms with Gasteiger partial charge in [-0.15, -0.1) is 0 Å². The summed E-state index contributed by atoms with van der Waals surface area (Å²) in [5, 5.41) is 15.4. The molecule has 0 bridgehead atoms. The normalized spacial score (nSPS) is 13.1. The van der Waals surface area contributed by atoms with Crippen LogP contribution in [-0.4, -0.2) is 46.4 Å². The van der Waals surface area contributed by atoms with E-state index >= 15 is 0 Å². The number of carboxylic acids is 1. The zero-order valence-electron chi connectivity index (χ0n) is 18.6. The van der Waals surface area contributed by atoms with E-state index in [0.29, 0.717) is 30.1 Å². The summed E-state index contributed by atoms with van der Waals surface area (Å²) < 4.78 is 48.0. The van der Waals surface area contributed by atoms with Crippen LogP contribution in [0, 0.1) is 0 Å². The quantitative estimate of drug-likeness (QED) is 0.448. The first-order valence-electron chi connectivity index (χ1n) is 10.9. The van der Waals surface area contributed by atoms with E-state index in [4.69, 9.17) is 9.84 Å². The van der Waals surface area contributed by atoms with Crippen LogP contribution in [0.3, 0.4) is 0 Å². The van der Waals surface area contributed by atoms with Crippen LogP contribution < -0.4 is 15.0 Å². The van der Waals surface area contributed by atoms with Crippen molar-refractivity contribution < 1.29 is 32.6 Å². The molecule has 11 heteroatoms. The van der Waals surface area contributed by atoms with E-state index in [1.807, 2.05) is 0 Å². The summed E-state index contributed by atoms with van der Waals surface area (Å²) in [6.45, 7) is 0.336. The van der Waals surface area contributed by atoms with Gasteiger partial charge in [0.05, 0.1) is 24.8 Å². The Labute approximate surface area is 198 Å². The molecule has 4 rings (SSSR count). The molecule has 0 fully saturated rings. The summed E-state index contributed by atoms with van der Waals surface area (Å²) in [6.07, 6.45) is -2.97. The van der Waals surface area contributed by atoms with Gasteiger partial charge in [-0.1, -0.05) is 18.2 Å². The van der Waals surface area contributed by atoms with Gasteiger partial charge in [-0.3, -0.25) is 9.59 Å². The molecule has 35 heavy (non-hydrogen) atoms. The van der Waals surface area contributed by atoms with Crippen molar-refractivity contribution >= 4 is 17.6 Å². The number of carbonyl (C=O) groups excluding carboxylic acids is 1. The van der Waals surface area contributed by atoms with E-state index in [1.54, 1.807) is 53.4 Å². The number of ether oxygens (including phenoxy) is 1. The monoisotopic (exact) mass is 488 g/mol. The fourth-order valence-electron chi connectivity index (χ4n) is 3.93. The van der Waals surface area contributed by atoms with Gasteiger partial charge in [-0.25, -0.2) is 4.68 Å². The number of carbonyl (C=O) groups is 2. The first-order valence-corrected chi connectivity index (χ1v) is 10.9. The lowest BCUT2D eigenvalue weighted by molar-refractivity contribution is -0.143. The van der Waals surface area contributed by atoms with Crippen LogP contribution in [0.25, 0.3) is 5.69 Å². The number of halogens is 3. The molecule has 0 saturated heterocycles. The Morgan fingerprint density at radius 3 is 2.63 bits per heavy atom. The lowest BCUT2D eigenvalue weighted by Gasteiger charge is -2.18. The highest BCUT2D eigenvalue weighted by atomic mass is 19.4. The molecule has 0 radical (unpaired) electrons. The second-order valence-electron chi connectivity index (χ2n) is 7.96. The maximum absolute atomic E-state index is 13.8. The van der Waals surface area contributed by atoms with Crippen LogP contribution in [0.15, 0.2) is 54.7 Å². The topological polar surface area (TPSA) is 96.7 Å². The molecule has 1 aliphatic rings. The van der Waals surface area contributed by atoms with Crippen LogP contribution in [0.4, 0.5) is 18.9 Å². The van der Waals surface area contributed by atoms with Gasteiger partial charge in [-0.05, 0) is 42.3 Å². The Morgan fingerprint density at radius 1 is 1.14 bits per heavy atom. The Kier molecular flexibility index (Phi) is 7.06. The standard InChI is InChI=1S/C24H23F3N4O4/c25-24(26,27)23-17(13-29-31(23)18-4-2-1-3-5-18)15-35-19-6-7-20-16(12-19)9-11-30(20)21(32)14-28-10-8-22(33)34/h1-7,12-13,28H,8-11,14-15H2,(H,33,34). The number of benzene rings is 2. The second-order valence-corrected chi connectivity index (χ2v) is 7.96. The lowest BCUT2D eigenvalue weighted by Crippen LogP contribution is -2.37. The number of nitrogens with zero attached hydrogens (tertiary/aromatic N) is 3. The summed E-state index contributed by atoms with van der Waals surface area (Å²) >= 11 is 0. The number of rotatable bonds is 9. The van der Waals surface area contributed by atoms with Crippen molar-refractivity contribution in [3.8, 4) is 11.4 Å². The lowest BCUT2D eigenvalue weighted by atomic mass is 10.1. The summed E-state index contributed by atoms with van der Waals surface area (Å²) in [5.41, 5.74) is 0.863. The average molecular weight is 488 g/mol. The SMILES string of the molecule is O=C(O)CCNCC(=O)N1CCc2cc(OCc3cnn(-c4ccccc4)c3C(F)(F)F)ccc21. The Bertz CT molecular complexity index is 1210. The van der Waals surface area contributed by atoms with Gasteiger partial charge >= 0.3 is 12.1 Å². The molecule has 0 atom stereocenters. The maximum Gasteiger partial charge on any atom is 0.433 e. The number of aliphatic carboxylic acids is 1. The molecule has 1 aromatic heterocycles. The minimum atomic E-state index is -4.62. The van der Waals surface area contributed by atoms with Gasteiger partial charge < -0.3 is 20.1 Å². The molecule has 0 saturated carbocycles. The third-order valence-electron chi connectivity index (χ3n) is 5.55. The van der Waals surface area contributed by atoms with Crippen molar-refractivity contribution in [3.05, 3.63) is 71.5 Å². The number of anilines is 1. The maximum atomic E-state index is 13.8. The van der Waals surface area contributed by atoms with Gasteiger partial charge in [0, 0.05) is 24.3 Å². The average Bonchev–Trinajstić information content (AvgIpc) is 3.45. The number of fused-ring (bicyclic) bond motifs is 1. The fourth-order valence-corrected chi connectivity index (χ4v) is 3.93. The van der Waals surface area contributed by atoms with Crippen molar-refractivity contribution in [1.29, 1.82) is 0 Å². The van der Waals surface area contributed by atoms with Gasteiger partial charge in [0.25, 0.3) is 0 Å². The van der Waals surface area contributed by atoms with E-state index in [0.717, 1.165) is 16.4 Å². The number of alkyl halides is 3. The molecule has 0 spiro atoms. The van der Waals surface area contributed by atoms with Crippen LogP contribution >= 0.6 is 0 Å². The minimum absolute atomic E-state index is 0.0105. The van der Waals surface area contributed by atoms with Crippen LogP contribution in [-0.2, 0) is 28.8 Å². The molecular weight excluding hydrogens is 465 g/mol. The van der Waals surface area contributed by atoms with E-state index in [9.17, 15) is 22.8 Å². The third-order valence-corrected chi connectivity index (χ3v) is 5.55. The predicted molar refractivity (Wildman–Crippen MR) is 121 cm³/mol. The molecule has 3 aromatic rings. The van der Waals surface area contributed by atoms with E-state index in [1.165, 1.54) is 0 Å². The molecule has 2 aromatic carbocycles. The van der Waals surface area contributed by atoms with Crippen LogP contribution in [0.5, 0.6) is 5.75 Å². The minimum Gasteiger partial charge on any atom is -0.489 e. The summed E-state index contributed by atoms with van der Waals surface area (Å²) in [6, 6.07) is 13.1. The molecule has 0 unspecified atom stereocenters. The first-order chi connectivity index (χ1) is 16.7. The zero-order chi connectivity index (χ0) is 25.0. The molecule has 2 heterocycles. The van der Waals surface area contributed by atoms with Crippen molar-refractivity contribution in [1.82, 2.24) is 15.1 Å². The van der Waals surface area contributed by atoms with Crippen molar-refractivity contribution in [2.75, 3.05) is 24.5 Å². The Morgan fingerprint density at radius 2 is 1.91 bits per heavy atom. The molecule has 8 nitrogen and oxygen atoms in total. The smallest absolute Gasteiger partial charge is 0.433 e.